The number of hydrogen-bond donors (Lipinski definition) is 3. The molecule has 0 spiro atoms. The number of nitrogens with two attached hydrogens (primary N) is 1. The zero-order valence-electron chi connectivity index (χ0n) is 13.4. The minimum atomic E-state index is -0.192. The van der Waals surface area contributed by atoms with E-state index in [1.54, 1.807) is 12.1 Å². The van der Waals surface area contributed by atoms with Crippen molar-refractivity contribution in [1.82, 2.24) is 10.6 Å². The summed E-state index contributed by atoms with van der Waals surface area (Å²) in [7, 11) is 0. The third-order valence-electron chi connectivity index (χ3n) is 5.22. The van der Waals surface area contributed by atoms with Crippen LogP contribution in [0.2, 0.25) is 0 Å². The highest BCUT2D eigenvalue weighted by Crippen LogP contribution is 2.34. The van der Waals surface area contributed by atoms with Gasteiger partial charge in [0.2, 0.25) is 0 Å². The van der Waals surface area contributed by atoms with Gasteiger partial charge in [-0.2, -0.15) is 0 Å². The smallest absolute Gasteiger partial charge is 0.315 e. The van der Waals surface area contributed by atoms with Crippen LogP contribution in [0.25, 0.3) is 0 Å². The molecule has 0 radical (unpaired) electrons. The lowest BCUT2D eigenvalue weighted by Gasteiger charge is -2.29. The normalized spacial score (nSPS) is 30.9. The summed E-state index contributed by atoms with van der Waals surface area (Å²) >= 11 is 0. The fraction of sp³-hybridized carbons (Fsp3) is 0.611. The van der Waals surface area contributed by atoms with Gasteiger partial charge < -0.3 is 16.4 Å². The van der Waals surface area contributed by atoms with Crippen LogP contribution in [0.4, 0.5) is 9.18 Å². The lowest BCUT2D eigenvalue weighted by atomic mass is 9.91. The molecule has 2 saturated carbocycles. The highest BCUT2D eigenvalue weighted by Gasteiger charge is 2.29. The van der Waals surface area contributed by atoms with E-state index in [4.69, 9.17) is 5.73 Å². The molecule has 23 heavy (non-hydrogen) atoms. The van der Waals surface area contributed by atoms with Crippen molar-refractivity contribution in [1.29, 1.82) is 0 Å². The van der Waals surface area contributed by atoms with Crippen LogP contribution in [0.1, 0.15) is 56.4 Å². The van der Waals surface area contributed by atoms with Crippen molar-refractivity contribution in [2.24, 2.45) is 5.73 Å². The zero-order chi connectivity index (χ0) is 16.2. The highest BCUT2D eigenvalue weighted by molar-refractivity contribution is 5.74. The summed E-state index contributed by atoms with van der Waals surface area (Å²) in [4.78, 5) is 12.2. The first kappa shape index (κ1) is 16.2. The van der Waals surface area contributed by atoms with Crippen molar-refractivity contribution in [3.63, 3.8) is 0 Å². The average molecular weight is 319 g/mol. The van der Waals surface area contributed by atoms with Gasteiger partial charge in [-0.3, -0.25) is 0 Å². The molecule has 2 aliphatic carbocycles. The lowest BCUT2D eigenvalue weighted by Crippen LogP contribution is -2.53. The van der Waals surface area contributed by atoms with E-state index < -0.39 is 0 Å². The third-order valence-corrected chi connectivity index (χ3v) is 5.22. The maximum Gasteiger partial charge on any atom is 0.315 e. The largest absolute Gasteiger partial charge is 0.335 e. The van der Waals surface area contributed by atoms with Gasteiger partial charge in [-0.05, 0) is 55.7 Å². The van der Waals surface area contributed by atoms with Gasteiger partial charge in [0.25, 0.3) is 0 Å². The third kappa shape index (κ3) is 4.22. The highest BCUT2D eigenvalue weighted by atomic mass is 19.1. The molecule has 2 fully saturated rings. The van der Waals surface area contributed by atoms with Crippen LogP contribution in [0, 0.1) is 5.82 Å². The van der Waals surface area contributed by atoms with E-state index in [1.165, 1.54) is 6.07 Å². The van der Waals surface area contributed by atoms with Crippen molar-refractivity contribution < 1.29 is 9.18 Å². The van der Waals surface area contributed by atoms with Crippen LogP contribution >= 0.6 is 0 Å². The summed E-state index contributed by atoms with van der Waals surface area (Å²) in [5, 5.41) is 6.09. The van der Waals surface area contributed by atoms with E-state index in [0.29, 0.717) is 5.92 Å². The number of amides is 2. The number of rotatable bonds is 3. The van der Waals surface area contributed by atoms with E-state index in [2.05, 4.69) is 10.6 Å². The molecule has 0 saturated heterocycles. The van der Waals surface area contributed by atoms with Crippen molar-refractivity contribution in [3.8, 4) is 0 Å². The number of benzene rings is 1. The van der Waals surface area contributed by atoms with Gasteiger partial charge in [0.15, 0.2) is 0 Å². The summed E-state index contributed by atoms with van der Waals surface area (Å²) in [6.07, 6.45) is 7.01. The molecular weight excluding hydrogens is 293 g/mol. The summed E-state index contributed by atoms with van der Waals surface area (Å²) in [5.41, 5.74) is 7.10. The standard InChI is InChI=1S/C18H26FN3O/c19-14-5-3-4-12(10-14)13-8-9-15(11-13)21-18(23)22-17-7-2-1-6-16(17)20/h3-5,10,13,15-17H,1-2,6-9,11,20H2,(H2,21,22,23)/t13?,15?,16-,17-/m1/s1. The molecule has 0 aliphatic heterocycles. The van der Waals surface area contributed by atoms with Crippen LogP contribution in [0.15, 0.2) is 24.3 Å². The lowest BCUT2D eigenvalue weighted by molar-refractivity contribution is 0.225. The molecule has 0 heterocycles. The molecule has 2 unspecified atom stereocenters. The van der Waals surface area contributed by atoms with E-state index in [0.717, 1.165) is 50.5 Å². The van der Waals surface area contributed by atoms with Crippen molar-refractivity contribution in [2.75, 3.05) is 0 Å². The molecule has 1 aromatic carbocycles. The summed E-state index contributed by atoms with van der Waals surface area (Å²) in [6, 6.07) is 6.99. The SMILES string of the molecule is N[C@@H]1CCCC[C@H]1NC(=O)NC1CCC(c2cccc(F)c2)C1. The molecule has 0 aromatic heterocycles. The number of carbonyl (C=O) groups is 1. The predicted molar refractivity (Wildman–Crippen MR) is 88.7 cm³/mol. The topological polar surface area (TPSA) is 67.1 Å². The average Bonchev–Trinajstić information content (AvgIpc) is 2.98. The summed E-state index contributed by atoms with van der Waals surface area (Å²) in [6.45, 7) is 0. The fourth-order valence-electron chi connectivity index (χ4n) is 3.91. The van der Waals surface area contributed by atoms with E-state index in [1.807, 2.05) is 6.07 Å². The van der Waals surface area contributed by atoms with Gasteiger partial charge in [0, 0.05) is 18.1 Å². The maximum absolute atomic E-state index is 13.3. The summed E-state index contributed by atoms with van der Waals surface area (Å²) in [5.74, 6) is 0.135. The van der Waals surface area contributed by atoms with Crippen LogP contribution < -0.4 is 16.4 Å². The first-order chi connectivity index (χ1) is 11.1. The Morgan fingerprint density at radius 2 is 1.96 bits per heavy atom. The molecule has 0 bridgehead atoms. The maximum atomic E-state index is 13.3. The molecule has 5 heteroatoms. The van der Waals surface area contributed by atoms with Gasteiger partial charge in [0.05, 0.1) is 0 Å². The minimum Gasteiger partial charge on any atom is -0.335 e. The van der Waals surface area contributed by atoms with Crippen LogP contribution in [0.3, 0.4) is 0 Å². The first-order valence-corrected chi connectivity index (χ1v) is 8.70. The Bertz CT molecular complexity index is 551. The Balaban J connectivity index is 1.48. The second-order valence-electron chi connectivity index (χ2n) is 6.93. The molecule has 1 aromatic rings. The van der Waals surface area contributed by atoms with Gasteiger partial charge in [-0.25, -0.2) is 9.18 Å². The minimum absolute atomic E-state index is 0.0677. The van der Waals surface area contributed by atoms with Crippen molar-refractivity contribution in [2.45, 2.75) is 69.0 Å². The van der Waals surface area contributed by atoms with Gasteiger partial charge in [0.1, 0.15) is 5.82 Å². The number of hydrogen-bond acceptors (Lipinski definition) is 2. The van der Waals surface area contributed by atoms with Crippen LogP contribution in [-0.2, 0) is 0 Å². The Kier molecular flexibility index (Phi) is 5.16. The molecule has 126 valence electrons. The van der Waals surface area contributed by atoms with E-state index in [9.17, 15) is 9.18 Å². The Morgan fingerprint density at radius 1 is 1.13 bits per heavy atom. The van der Waals surface area contributed by atoms with Gasteiger partial charge >= 0.3 is 6.03 Å². The predicted octanol–water partition coefficient (Wildman–Crippen LogP) is 3.03. The van der Waals surface area contributed by atoms with Gasteiger partial charge in [-0.15, -0.1) is 0 Å². The molecule has 2 amide bonds. The number of carbonyl (C=O) groups excluding carboxylic acids is 1. The Labute approximate surface area is 137 Å². The second kappa shape index (κ2) is 7.30. The van der Waals surface area contributed by atoms with Crippen molar-refractivity contribution in [3.05, 3.63) is 35.6 Å². The number of halogens is 1. The number of nitrogens with one attached hydrogen (secondary N) is 2. The second-order valence-corrected chi connectivity index (χ2v) is 6.93. The summed E-state index contributed by atoms with van der Waals surface area (Å²) < 4.78 is 13.3. The van der Waals surface area contributed by atoms with E-state index >= 15 is 0 Å². The molecular formula is C18H26FN3O. The fourth-order valence-corrected chi connectivity index (χ4v) is 3.91. The first-order valence-electron chi connectivity index (χ1n) is 8.70. The monoisotopic (exact) mass is 319 g/mol. The Morgan fingerprint density at radius 3 is 2.74 bits per heavy atom. The molecule has 4 atom stereocenters. The van der Waals surface area contributed by atoms with Gasteiger partial charge in [-0.1, -0.05) is 25.0 Å². The number of urea groups is 1. The molecule has 3 rings (SSSR count). The molecule has 2 aliphatic rings. The van der Waals surface area contributed by atoms with E-state index in [-0.39, 0.29) is 30.0 Å². The molecule has 4 N–H and O–H groups in total. The quantitative estimate of drug-likeness (QED) is 0.801. The van der Waals surface area contributed by atoms with Crippen molar-refractivity contribution >= 4 is 6.03 Å². The van der Waals surface area contributed by atoms with Crippen LogP contribution in [0.5, 0.6) is 0 Å². The van der Waals surface area contributed by atoms with Crippen LogP contribution in [-0.4, -0.2) is 24.2 Å². The zero-order valence-corrected chi connectivity index (χ0v) is 13.4. The Hall–Kier alpha value is -1.62. The molecule has 4 nitrogen and oxygen atoms in total.